The van der Waals surface area contributed by atoms with Crippen LogP contribution in [0.25, 0.3) is 22.4 Å². The number of hydrogen-bond donors (Lipinski definition) is 0. The monoisotopic (exact) mass is 385 g/mol. The standard InChI is InChI=1S/C20H18F3N5/c1-12-4-6-14(7-5-12)11-28-19-18(13(2)25-28)15(20(21,22)23)10-17(24-19)16-8-9-27(3)26-16/h4-10H,11H2,1-3H3. The third-order valence-corrected chi connectivity index (χ3v) is 4.61. The maximum Gasteiger partial charge on any atom is 0.417 e. The highest BCUT2D eigenvalue weighted by Gasteiger charge is 2.35. The summed E-state index contributed by atoms with van der Waals surface area (Å²) in [6.45, 7) is 3.89. The molecule has 0 saturated heterocycles. The van der Waals surface area contributed by atoms with Crippen LogP contribution in [0.3, 0.4) is 0 Å². The van der Waals surface area contributed by atoms with Crippen molar-refractivity contribution in [2.45, 2.75) is 26.6 Å². The van der Waals surface area contributed by atoms with Gasteiger partial charge < -0.3 is 0 Å². The number of halogens is 3. The number of aryl methyl sites for hydroxylation is 3. The fourth-order valence-corrected chi connectivity index (χ4v) is 3.24. The van der Waals surface area contributed by atoms with E-state index in [-0.39, 0.29) is 16.7 Å². The van der Waals surface area contributed by atoms with Gasteiger partial charge in [-0.1, -0.05) is 29.8 Å². The number of hydrogen-bond acceptors (Lipinski definition) is 3. The maximum absolute atomic E-state index is 13.8. The largest absolute Gasteiger partial charge is 0.417 e. The molecular formula is C20H18F3N5. The van der Waals surface area contributed by atoms with Gasteiger partial charge in [-0.3, -0.25) is 4.68 Å². The Bertz CT molecular complexity index is 1150. The number of rotatable bonds is 3. The van der Waals surface area contributed by atoms with Crippen LogP contribution in [0.15, 0.2) is 42.6 Å². The molecule has 0 saturated carbocycles. The molecule has 0 radical (unpaired) electrons. The smallest absolute Gasteiger partial charge is 0.275 e. The Kier molecular flexibility index (Phi) is 4.21. The molecule has 144 valence electrons. The Morgan fingerprint density at radius 3 is 2.29 bits per heavy atom. The van der Waals surface area contributed by atoms with Crippen LogP contribution in [0.4, 0.5) is 13.2 Å². The van der Waals surface area contributed by atoms with Gasteiger partial charge in [-0.2, -0.15) is 23.4 Å². The molecule has 28 heavy (non-hydrogen) atoms. The Morgan fingerprint density at radius 1 is 0.964 bits per heavy atom. The highest BCUT2D eigenvalue weighted by Crippen LogP contribution is 2.38. The first kappa shape index (κ1) is 18.2. The summed E-state index contributed by atoms with van der Waals surface area (Å²) in [6, 6.07) is 10.5. The van der Waals surface area contributed by atoms with Gasteiger partial charge in [-0.15, -0.1) is 0 Å². The lowest BCUT2D eigenvalue weighted by molar-refractivity contribution is -0.136. The van der Waals surface area contributed by atoms with Crippen LogP contribution < -0.4 is 0 Å². The van der Waals surface area contributed by atoms with Crippen molar-refractivity contribution >= 4 is 11.0 Å². The third-order valence-electron chi connectivity index (χ3n) is 4.61. The quantitative estimate of drug-likeness (QED) is 0.521. The molecule has 0 spiro atoms. The van der Waals surface area contributed by atoms with E-state index in [1.807, 2.05) is 31.2 Å². The van der Waals surface area contributed by atoms with E-state index in [0.29, 0.717) is 17.9 Å². The summed E-state index contributed by atoms with van der Waals surface area (Å²) < 4.78 is 44.4. The zero-order valence-electron chi connectivity index (χ0n) is 15.6. The summed E-state index contributed by atoms with van der Waals surface area (Å²) in [6.07, 6.45) is -2.85. The fourth-order valence-electron chi connectivity index (χ4n) is 3.24. The van der Waals surface area contributed by atoms with Crippen molar-refractivity contribution < 1.29 is 13.2 Å². The lowest BCUT2D eigenvalue weighted by atomic mass is 10.1. The number of aromatic nitrogens is 5. The molecule has 4 aromatic rings. The number of benzene rings is 1. The van der Waals surface area contributed by atoms with Gasteiger partial charge in [-0.25, -0.2) is 9.67 Å². The molecule has 0 unspecified atom stereocenters. The summed E-state index contributed by atoms with van der Waals surface area (Å²) in [5.74, 6) is 0. The zero-order chi connectivity index (χ0) is 20.1. The summed E-state index contributed by atoms with van der Waals surface area (Å²) >= 11 is 0. The van der Waals surface area contributed by atoms with E-state index >= 15 is 0 Å². The first-order valence-corrected chi connectivity index (χ1v) is 8.73. The molecule has 0 N–H and O–H groups in total. The molecule has 8 heteroatoms. The normalized spacial score (nSPS) is 12.1. The second-order valence-corrected chi connectivity index (χ2v) is 6.85. The molecule has 0 aliphatic rings. The fraction of sp³-hybridized carbons (Fsp3) is 0.250. The molecular weight excluding hydrogens is 367 g/mol. The Balaban J connectivity index is 1.93. The van der Waals surface area contributed by atoms with Gasteiger partial charge in [0.15, 0.2) is 5.65 Å². The molecule has 5 nitrogen and oxygen atoms in total. The summed E-state index contributed by atoms with van der Waals surface area (Å²) in [4.78, 5) is 4.49. The van der Waals surface area contributed by atoms with Gasteiger partial charge in [0.05, 0.1) is 28.9 Å². The van der Waals surface area contributed by atoms with E-state index in [4.69, 9.17) is 0 Å². The molecule has 3 heterocycles. The zero-order valence-corrected chi connectivity index (χ0v) is 15.6. The first-order valence-electron chi connectivity index (χ1n) is 8.73. The number of nitrogens with zero attached hydrogens (tertiary/aromatic N) is 5. The van der Waals surface area contributed by atoms with Crippen LogP contribution >= 0.6 is 0 Å². The minimum atomic E-state index is -4.52. The average Bonchev–Trinajstić information content (AvgIpc) is 3.19. The van der Waals surface area contributed by atoms with Crippen LogP contribution in [0, 0.1) is 13.8 Å². The van der Waals surface area contributed by atoms with Crippen LogP contribution in [-0.2, 0) is 19.8 Å². The van der Waals surface area contributed by atoms with Gasteiger partial charge in [0.25, 0.3) is 0 Å². The van der Waals surface area contributed by atoms with Gasteiger partial charge >= 0.3 is 6.18 Å². The van der Waals surface area contributed by atoms with Gasteiger partial charge in [0.2, 0.25) is 0 Å². The van der Waals surface area contributed by atoms with E-state index in [0.717, 1.165) is 17.2 Å². The van der Waals surface area contributed by atoms with Crippen LogP contribution in [-0.4, -0.2) is 24.5 Å². The third kappa shape index (κ3) is 3.26. The molecule has 0 aliphatic heterocycles. The van der Waals surface area contributed by atoms with E-state index in [9.17, 15) is 13.2 Å². The van der Waals surface area contributed by atoms with Crippen LogP contribution in [0.5, 0.6) is 0 Å². The van der Waals surface area contributed by atoms with E-state index in [1.54, 1.807) is 26.2 Å². The van der Waals surface area contributed by atoms with Gasteiger partial charge in [0.1, 0.15) is 5.69 Å². The second kappa shape index (κ2) is 6.47. The minimum absolute atomic E-state index is 0.0271. The van der Waals surface area contributed by atoms with Crippen LogP contribution in [0.2, 0.25) is 0 Å². The van der Waals surface area contributed by atoms with Crippen molar-refractivity contribution in [1.29, 1.82) is 0 Å². The topological polar surface area (TPSA) is 48.5 Å². The van der Waals surface area contributed by atoms with Crippen molar-refractivity contribution in [2.75, 3.05) is 0 Å². The second-order valence-electron chi connectivity index (χ2n) is 6.85. The summed E-state index contributed by atoms with van der Waals surface area (Å²) in [5, 5.41) is 8.58. The van der Waals surface area contributed by atoms with Crippen LogP contribution in [0.1, 0.15) is 22.4 Å². The van der Waals surface area contributed by atoms with Crippen molar-refractivity contribution in [1.82, 2.24) is 24.5 Å². The number of fused-ring (bicyclic) bond motifs is 1. The van der Waals surface area contributed by atoms with Crippen molar-refractivity contribution in [2.24, 2.45) is 7.05 Å². The highest BCUT2D eigenvalue weighted by atomic mass is 19.4. The average molecular weight is 385 g/mol. The predicted molar refractivity (Wildman–Crippen MR) is 99.8 cm³/mol. The van der Waals surface area contributed by atoms with Crippen molar-refractivity contribution in [3.05, 3.63) is 65.0 Å². The molecule has 0 amide bonds. The lowest BCUT2D eigenvalue weighted by Crippen LogP contribution is -2.09. The molecule has 3 aromatic heterocycles. The Hall–Kier alpha value is -3.16. The number of alkyl halides is 3. The van der Waals surface area contributed by atoms with E-state index < -0.39 is 11.7 Å². The Labute approximate surface area is 159 Å². The molecule has 0 aliphatic carbocycles. The maximum atomic E-state index is 13.8. The first-order chi connectivity index (χ1) is 13.2. The lowest BCUT2D eigenvalue weighted by Gasteiger charge is -2.11. The molecule has 4 rings (SSSR count). The molecule has 0 bridgehead atoms. The number of pyridine rings is 1. The SMILES string of the molecule is Cc1ccc(Cn2nc(C)c3c(C(F)(F)F)cc(-c4ccn(C)n4)nc32)cc1. The van der Waals surface area contributed by atoms with Gasteiger partial charge in [0, 0.05) is 13.2 Å². The molecule has 0 atom stereocenters. The minimum Gasteiger partial charge on any atom is -0.275 e. The van der Waals surface area contributed by atoms with Crippen molar-refractivity contribution in [3.63, 3.8) is 0 Å². The summed E-state index contributed by atoms with van der Waals surface area (Å²) in [7, 11) is 1.71. The van der Waals surface area contributed by atoms with E-state index in [1.165, 1.54) is 9.36 Å². The predicted octanol–water partition coefficient (Wildman–Crippen LogP) is 4.52. The molecule has 0 fully saturated rings. The van der Waals surface area contributed by atoms with Crippen molar-refractivity contribution in [3.8, 4) is 11.4 Å². The highest BCUT2D eigenvalue weighted by molar-refractivity contribution is 5.85. The van der Waals surface area contributed by atoms with E-state index in [2.05, 4.69) is 15.2 Å². The summed E-state index contributed by atoms with van der Waals surface area (Å²) in [5.41, 5.74) is 2.36. The van der Waals surface area contributed by atoms with Gasteiger partial charge in [-0.05, 0) is 31.5 Å². The molecule has 1 aromatic carbocycles. The Morgan fingerprint density at radius 2 is 1.68 bits per heavy atom.